The molecule has 2 rings (SSSR count). The van der Waals surface area contributed by atoms with Gasteiger partial charge in [-0.05, 0) is 12.8 Å². The number of hydrogen-bond donors (Lipinski definition) is 1. The summed E-state index contributed by atoms with van der Waals surface area (Å²) in [6, 6.07) is 0.264. The maximum absolute atomic E-state index is 11.3. The zero-order chi connectivity index (χ0) is 14.5. The van der Waals surface area contributed by atoms with Crippen molar-refractivity contribution >= 4 is 11.5 Å². The summed E-state index contributed by atoms with van der Waals surface area (Å²) in [6.45, 7) is 2.44. The molecule has 0 unspecified atom stereocenters. The molecular weight excluding hydrogens is 264 g/mol. The highest BCUT2D eigenvalue weighted by Crippen LogP contribution is 2.35. The Morgan fingerprint density at radius 2 is 2.15 bits per heavy atom. The van der Waals surface area contributed by atoms with Gasteiger partial charge in [-0.2, -0.15) is 4.98 Å². The molecule has 0 spiro atoms. The molecule has 1 aliphatic rings. The van der Waals surface area contributed by atoms with Crippen molar-refractivity contribution in [2.24, 2.45) is 0 Å². The number of nitro groups is 1. The predicted octanol–water partition coefficient (Wildman–Crippen LogP) is 1.55. The summed E-state index contributed by atoms with van der Waals surface area (Å²) in [5.41, 5.74) is -0.204. The van der Waals surface area contributed by atoms with Crippen LogP contribution in [0.5, 0.6) is 5.88 Å². The highest BCUT2D eigenvalue weighted by Gasteiger charge is 2.30. The Morgan fingerprint density at radius 1 is 1.40 bits per heavy atom. The second-order valence-electron chi connectivity index (χ2n) is 4.51. The monoisotopic (exact) mass is 282 g/mol. The third-order valence-electron chi connectivity index (χ3n) is 2.84. The van der Waals surface area contributed by atoms with Crippen molar-refractivity contribution < 1.29 is 14.4 Å². The first-order chi connectivity index (χ1) is 9.65. The molecule has 0 atom stereocenters. The van der Waals surface area contributed by atoms with Gasteiger partial charge in [0.05, 0.1) is 11.5 Å². The third-order valence-corrected chi connectivity index (χ3v) is 2.84. The molecule has 0 aromatic carbocycles. The zero-order valence-corrected chi connectivity index (χ0v) is 11.6. The normalized spacial score (nSPS) is 14.1. The Kier molecular flexibility index (Phi) is 4.67. The summed E-state index contributed by atoms with van der Waals surface area (Å²) in [5.74, 6) is 0.769. The van der Waals surface area contributed by atoms with E-state index in [0.29, 0.717) is 18.9 Å². The van der Waals surface area contributed by atoms with Gasteiger partial charge < -0.3 is 14.8 Å². The van der Waals surface area contributed by atoms with Crippen LogP contribution in [0.15, 0.2) is 0 Å². The summed E-state index contributed by atoms with van der Waals surface area (Å²) in [5, 5.41) is 14.3. The second-order valence-corrected chi connectivity index (χ2v) is 4.51. The molecule has 1 aliphatic carbocycles. The fraction of sp³-hybridized carbons (Fsp3) is 0.667. The highest BCUT2D eigenvalue weighted by atomic mass is 16.6. The standard InChI is InChI=1S/C12H18N4O4/c1-3-9-14-11(13-8-4-5-8)10(16(17)18)12(15-9)20-7-6-19-2/h8H,3-7H2,1-2H3,(H,13,14,15). The minimum absolute atomic E-state index is 0.00190. The van der Waals surface area contributed by atoms with Crippen molar-refractivity contribution in [2.45, 2.75) is 32.2 Å². The maximum atomic E-state index is 11.3. The SMILES string of the molecule is CCc1nc(NC2CC2)c([N+](=O)[O-])c(OCCOC)n1. The molecule has 110 valence electrons. The van der Waals surface area contributed by atoms with Crippen molar-refractivity contribution in [3.8, 4) is 5.88 Å². The van der Waals surface area contributed by atoms with E-state index in [0.717, 1.165) is 12.8 Å². The average molecular weight is 282 g/mol. The predicted molar refractivity (Wildman–Crippen MR) is 72.1 cm³/mol. The number of ether oxygens (including phenoxy) is 2. The Morgan fingerprint density at radius 3 is 2.70 bits per heavy atom. The van der Waals surface area contributed by atoms with Crippen LogP contribution in [0.25, 0.3) is 0 Å². The molecule has 0 saturated heterocycles. The van der Waals surface area contributed by atoms with E-state index < -0.39 is 4.92 Å². The Bertz CT molecular complexity index is 491. The van der Waals surface area contributed by atoms with Gasteiger partial charge in [-0.1, -0.05) is 6.92 Å². The number of nitrogens with zero attached hydrogens (tertiary/aromatic N) is 3. The minimum Gasteiger partial charge on any atom is -0.470 e. The summed E-state index contributed by atoms with van der Waals surface area (Å²) >= 11 is 0. The van der Waals surface area contributed by atoms with E-state index >= 15 is 0 Å². The van der Waals surface area contributed by atoms with Crippen molar-refractivity contribution in [3.63, 3.8) is 0 Å². The van der Waals surface area contributed by atoms with Gasteiger partial charge in [0.2, 0.25) is 5.82 Å². The van der Waals surface area contributed by atoms with Gasteiger partial charge in [0.1, 0.15) is 12.4 Å². The van der Waals surface area contributed by atoms with Crippen LogP contribution < -0.4 is 10.1 Å². The number of aryl methyl sites for hydroxylation is 1. The molecule has 1 saturated carbocycles. The van der Waals surface area contributed by atoms with Gasteiger partial charge in [0.15, 0.2) is 0 Å². The van der Waals surface area contributed by atoms with E-state index in [4.69, 9.17) is 9.47 Å². The van der Waals surface area contributed by atoms with Gasteiger partial charge in [0, 0.05) is 19.6 Å². The Hall–Kier alpha value is -1.96. The lowest BCUT2D eigenvalue weighted by Gasteiger charge is -2.10. The first-order valence-electron chi connectivity index (χ1n) is 6.59. The van der Waals surface area contributed by atoms with Crippen molar-refractivity contribution in [1.29, 1.82) is 0 Å². The number of nitrogens with one attached hydrogen (secondary N) is 1. The molecule has 20 heavy (non-hydrogen) atoms. The molecule has 1 aromatic rings. The molecule has 0 amide bonds. The zero-order valence-electron chi connectivity index (χ0n) is 11.6. The lowest BCUT2D eigenvalue weighted by molar-refractivity contribution is -0.385. The third kappa shape index (κ3) is 3.53. The maximum Gasteiger partial charge on any atom is 0.372 e. The van der Waals surface area contributed by atoms with E-state index in [1.807, 2.05) is 6.92 Å². The summed E-state index contributed by atoms with van der Waals surface area (Å²) in [4.78, 5) is 19.1. The molecule has 0 bridgehead atoms. The Labute approximate surface area is 116 Å². The number of hydrogen-bond acceptors (Lipinski definition) is 7. The number of methoxy groups -OCH3 is 1. The molecular formula is C12H18N4O4. The quantitative estimate of drug-likeness (QED) is 0.438. The van der Waals surface area contributed by atoms with Crippen molar-refractivity contribution in [2.75, 3.05) is 25.6 Å². The second kappa shape index (κ2) is 6.47. The fourth-order valence-corrected chi connectivity index (χ4v) is 1.65. The summed E-state index contributed by atoms with van der Waals surface area (Å²) in [7, 11) is 1.54. The van der Waals surface area contributed by atoms with Gasteiger partial charge in [-0.3, -0.25) is 10.1 Å². The lowest BCUT2D eigenvalue weighted by Crippen LogP contribution is -2.13. The van der Waals surface area contributed by atoms with Crippen LogP contribution >= 0.6 is 0 Å². The smallest absolute Gasteiger partial charge is 0.372 e. The van der Waals surface area contributed by atoms with Crippen LogP contribution in [0.4, 0.5) is 11.5 Å². The minimum atomic E-state index is -0.508. The van der Waals surface area contributed by atoms with Crippen LogP contribution in [0, 0.1) is 10.1 Å². The number of rotatable bonds is 8. The largest absolute Gasteiger partial charge is 0.470 e. The molecule has 0 radical (unpaired) electrons. The van der Waals surface area contributed by atoms with Crippen LogP contribution in [0.1, 0.15) is 25.6 Å². The first kappa shape index (κ1) is 14.4. The average Bonchev–Trinajstić information content (AvgIpc) is 3.22. The highest BCUT2D eigenvalue weighted by molar-refractivity contribution is 5.62. The van der Waals surface area contributed by atoms with Crippen LogP contribution in [-0.4, -0.2) is 41.3 Å². The van der Waals surface area contributed by atoms with Crippen molar-refractivity contribution in [1.82, 2.24) is 9.97 Å². The molecule has 8 heteroatoms. The van der Waals surface area contributed by atoms with Crippen LogP contribution in [-0.2, 0) is 11.2 Å². The fourth-order valence-electron chi connectivity index (χ4n) is 1.65. The Balaban J connectivity index is 2.31. The van der Waals surface area contributed by atoms with Crippen molar-refractivity contribution in [3.05, 3.63) is 15.9 Å². The van der Waals surface area contributed by atoms with Crippen LogP contribution in [0.2, 0.25) is 0 Å². The molecule has 8 nitrogen and oxygen atoms in total. The molecule has 1 heterocycles. The lowest BCUT2D eigenvalue weighted by atomic mass is 10.4. The molecule has 1 fully saturated rings. The van der Waals surface area contributed by atoms with Gasteiger partial charge >= 0.3 is 5.69 Å². The molecule has 1 aromatic heterocycles. The van der Waals surface area contributed by atoms with E-state index in [1.165, 1.54) is 7.11 Å². The number of anilines is 1. The first-order valence-corrected chi connectivity index (χ1v) is 6.59. The summed E-state index contributed by atoms with van der Waals surface area (Å²) < 4.78 is 10.2. The van der Waals surface area contributed by atoms with Gasteiger partial charge in [0.25, 0.3) is 5.88 Å². The van der Waals surface area contributed by atoms with Gasteiger partial charge in [-0.15, -0.1) is 0 Å². The van der Waals surface area contributed by atoms with E-state index in [9.17, 15) is 10.1 Å². The van der Waals surface area contributed by atoms with Crippen LogP contribution in [0.3, 0.4) is 0 Å². The number of aromatic nitrogens is 2. The topological polar surface area (TPSA) is 99.4 Å². The summed E-state index contributed by atoms with van der Waals surface area (Å²) in [6.07, 6.45) is 2.59. The van der Waals surface area contributed by atoms with Gasteiger partial charge in [-0.25, -0.2) is 4.98 Å². The molecule has 0 aliphatic heterocycles. The van der Waals surface area contributed by atoms with E-state index in [-0.39, 0.29) is 30.0 Å². The van der Waals surface area contributed by atoms with E-state index in [2.05, 4.69) is 15.3 Å². The van der Waals surface area contributed by atoms with E-state index in [1.54, 1.807) is 0 Å². The molecule has 1 N–H and O–H groups in total.